The van der Waals surface area contributed by atoms with Crippen LogP contribution in [0.3, 0.4) is 0 Å². The number of rotatable bonds is 5. The van der Waals surface area contributed by atoms with Gasteiger partial charge in [0.25, 0.3) is 0 Å². The Morgan fingerprint density at radius 3 is 2.47 bits per heavy atom. The van der Waals surface area contributed by atoms with E-state index in [1.54, 1.807) is 6.92 Å². The molecule has 92 valence electrons. The summed E-state index contributed by atoms with van der Waals surface area (Å²) in [4.78, 5) is 22.8. The SMILES string of the molecule is CCC(=O)N[C@@H](Cc1ccccc1)C(=O)OC. The summed E-state index contributed by atoms with van der Waals surface area (Å²) in [6.07, 6.45) is 0.793. The first-order valence-electron chi connectivity index (χ1n) is 5.58. The van der Waals surface area contributed by atoms with Crippen molar-refractivity contribution in [2.75, 3.05) is 7.11 Å². The van der Waals surface area contributed by atoms with Gasteiger partial charge in [-0.2, -0.15) is 0 Å². The lowest BCUT2D eigenvalue weighted by atomic mass is 10.1. The molecule has 0 spiro atoms. The highest BCUT2D eigenvalue weighted by atomic mass is 16.5. The second kappa shape index (κ2) is 6.68. The summed E-state index contributed by atoms with van der Waals surface area (Å²) in [5.74, 6) is -0.577. The lowest BCUT2D eigenvalue weighted by Gasteiger charge is -2.16. The van der Waals surface area contributed by atoms with Crippen LogP contribution in [-0.4, -0.2) is 25.0 Å². The molecule has 0 heterocycles. The van der Waals surface area contributed by atoms with Crippen molar-refractivity contribution in [2.45, 2.75) is 25.8 Å². The monoisotopic (exact) mass is 235 g/mol. The molecule has 1 rings (SSSR count). The van der Waals surface area contributed by atoms with Crippen LogP contribution in [-0.2, 0) is 20.7 Å². The van der Waals surface area contributed by atoms with E-state index >= 15 is 0 Å². The van der Waals surface area contributed by atoms with Gasteiger partial charge in [-0.05, 0) is 5.56 Å². The fraction of sp³-hybridized carbons (Fsp3) is 0.385. The van der Waals surface area contributed by atoms with E-state index in [0.717, 1.165) is 5.56 Å². The second-order valence-corrected chi connectivity index (χ2v) is 3.69. The van der Waals surface area contributed by atoms with Crippen molar-refractivity contribution in [1.29, 1.82) is 0 Å². The van der Waals surface area contributed by atoms with Gasteiger partial charge in [-0.3, -0.25) is 4.79 Å². The predicted octanol–water partition coefficient (Wildman–Crippen LogP) is 1.30. The second-order valence-electron chi connectivity index (χ2n) is 3.69. The highest BCUT2D eigenvalue weighted by Crippen LogP contribution is 2.04. The first-order chi connectivity index (χ1) is 8.17. The molecule has 17 heavy (non-hydrogen) atoms. The summed E-state index contributed by atoms with van der Waals surface area (Å²) in [7, 11) is 1.32. The number of hydrogen-bond donors (Lipinski definition) is 1. The van der Waals surface area contributed by atoms with Crippen LogP contribution >= 0.6 is 0 Å². The van der Waals surface area contributed by atoms with Gasteiger partial charge in [-0.15, -0.1) is 0 Å². The largest absolute Gasteiger partial charge is 0.467 e. The van der Waals surface area contributed by atoms with Gasteiger partial charge in [0, 0.05) is 12.8 Å². The first-order valence-corrected chi connectivity index (χ1v) is 5.58. The van der Waals surface area contributed by atoms with Crippen LogP contribution in [0.25, 0.3) is 0 Å². The van der Waals surface area contributed by atoms with Crippen molar-refractivity contribution in [2.24, 2.45) is 0 Å². The maximum Gasteiger partial charge on any atom is 0.328 e. The molecule has 0 saturated carbocycles. The van der Waals surface area contributed by atoms with E-state index in [1.165, 1.54) is 7.11 Å². The molecule has 0 saturated heterocycles. The van der Waals surface area contributed by atoms with Crippen LogP contribution in [0.4, 0.5) is 0 Å². The molecular weight excluding hydrogens is 218 g/mol. The highest BCUT2D eigenvalue weighted by molar-refractivity contribution is 5.84. The fourth-order valence-electron chi connectivity index (χ4n) is 1.48. The van der Waals surface area contributed by atoms with Crippen LogP contribution in [0, 0.1) is 0 Å². The third-order valence-corrected chi connectivity index (χ3v) is 2.42. The molecule has 0 unspecified atom stereocenters. The van der Waals surface area contributed by atoms with Gasteiger partial charge in [-0.25, -0.2) is 4.79 Å². The van der Waals surface area contributed by atoms with Gasteiger partial charge >= 0.3 is 5.97 Å². The number of nitrogens with one attached hydrogen (secondary N) is 1. The highest BCUT2D eigenvalue weighted by Gasteiger charge is 2.20. The summed E-state index contributed by atoms with van der Waals surface area (Å²) in [6, 6.07) is 8.90. The molecular formula is C13H17NO3. The van der Waals surface area contributed by atoms with Gasteiger partial charge in [0.2, 0.25) is 5.91 Å². The smallest absolute Gasteiger partial charge is 0.328 e. The number of methoxy groups -OCH3 is 1. The van der Waals surface area contributed by atoms with Gasteiger partial charge in [-0.1, -0.05) is 37.3 Å². The van der Waals surface area contributed by atoms with Crippen molar-refractivity contribution in [1.82, 2.24) is 5.32 Å². The Balaban J connectivity index is 2.70. The summed E-state index contributed by atoms with van der Waals surface area (Å²) in [5, 5.41) is 2.65. The zero-order valence-corrected chi connectivity index (χ0v) is 10.1. The number of amides is 1. The number of hydrogen-bond acceptors (Lipinski definition) is 3. The zero-order chi connectivity index (χ0) is 12.7. The lowest BCUT2D eigenvalue weighted by Crippen LogP contribution is -2.42. The molecule has 1 N–H and O–H groups in total. The normalized spacial score (nSPS) is 11.6. The van der Waals surface area contributed by atoms with Gasteiger partial charge < -0.3 is 10.1 Å². The van der Waals surface area contributed by atoms with Crippen molar-refractivity contribution >= 4 is 11.9 Å². The molecule has 0 radical (unpaired) electrons. The standard InChI is InChI=1S/C13H17NO3/c1-3-12(15)14-11(13(16)17-2)9-10-7-5-4-6-8-10/h4-8,11H,3,9H2,1-2H3,(H,14,15)/t11-/m0/s1. The van der Waals surface area contributed by atoms with Crippen molar-refractivity contribution < 1.29 is 14.3 Å². The quantitative estimate of drug-likeness (QED) is 0.782. The van der Waals surface area contributed by atoms with E-state index in [-0.39, 0.29) is 5.91 Å². The molecule has 0 aromatic heterocycles. The Labute approximate surface area is 101 Å². The van der Waals surface area contributed by atoms with Crippen LogP contribution in [0.2, 0.25) is 0 Å². The molecule has 4 heteroatoms. The molecule has 0 fully saturated rings. The third-order valence-electron chi connectivity index (χ3n) is 2.42. The fourth-order valence-corrected chi connectivity index (χ4v) is 1.48. The minimum Gasteiger partial charge on any atom is -0.467 e. The van der Waals surface area contributed by atoms with Gasteiger partial charge in [0.15, 0.2) is 0 Å². The van der Waals surface area contributed by atoms with Crippen LogP contribution in [0.15, 0.2) is 30.3 Å². The Morgan fingerprint density at radius 2 is 1.94 bits per heavy atom. The van der Waals surface area contributed by atoms with Crippen LogP contribution in [0.1, 0.15) is 18.9 Å². The van der Waals surface area contributed by atoms with Crippen molar-refractivity contribution in [3.63, 3.8) is 0 Å². The van der Waals surface area contributed by atoms with Crippen LogP contribution in [0.5, 0.6) is 0 Å². The molecule has 0 aliphatic carbocycles. The van der Waals surface area contributed by atoms with E-state index in [4.69, 9.17) is 0 Å². The maximum absolute atomic E-state index is 11.5. The van der Waals surface area contributed by atoms with Crippen LogP contribution < -0.4 is 5.32 Å². The van der Waals surface area contributed by atoms with Crippen molar-refractivity contribution in [3.8, 4) is 0 Å². The molecule has 4 nitrogen and oxygen atoms in total. The Bertz CT molecular complexity index is 376. The number of benzene rings is 1. The number of ether oxygens (including phenoxy) is 1. The number of carbonyl (C=O) groups excluding carboxylic acids is 2. The van der Waals surface area contributed by atoms with Crippen molar-refractivity contribution in [3.05, 3.63) is 35.9 Å². The zero-order valence-electron chi connectivity index (χ0n) is 10.1. The molecule has 1 aromatic rings. The van der Waals surface area contributed by atoms with E-state index in [2.05, 4.69) is 10.1 Å². The topological polar surface area (TPSA) is 55.4 Å². The van der Waals surface area contributed by atoms with E-state index in [9.17, 15) is 9.59 Å². The van der Waals surface area contributed by atoms with E-state index in [0.29, 0.717) is 12.8 Å². The molecule has 0 aliphatic heterocycles. The maximum atomic E-state index is 11.5. The minimum atomic E-state index is -0.616. The third kappa shape index (κ3) is 4.26. The molecule has 0 bridgehead atoms. The summed E-state index contributed by atoms with van der Waals surface area (Å²) < 4.78 is 4.68. The Morgan fingerprint density at radius 1 is 1.29 bits per heavy atom. The summed E-state index contributed by atoms with van der Waals surface area (Å²) >= 11 is 0. The average molecular weight is 235 g/mol. The molecule has 1 aromatic carbocycles. The first kappa shape index (κ1) is 13.2. The Kier molecular flexibility index (Phi) is 5.20. The lowest BCUT2D eigenvalue weighted by molar-refractivity contribution is -0.145. The summed E-state index contributed by atoms with van der Waals surface area (Å²) in [5.41, 5.74) is 0.985. The molecule has 0 aliphatic rings. The molecule has 1 amide bonds. The number of carbonyl (C=O) groups is 2. The summed E-state index contributed by atoms with van der Waals surface area (Å²) in [6.45, 7) is 1.74. The predicted molar refractivity (Wildman–Crippen MR) is 64.4 cm³/mol. The minimum absolute atomic E-state index is 0.156. The molecule has 1 atom stereocenters. The van der Waals surface area contributed by atoms with Gasteiger partial charge in [0.1, 0.15) is 6.04 Å². The Hall–Kier alpha value is -1.84. The average Bonchev–Trinajstić information content (AvgIpc) is 2.38. The number of esters is 1. The van der Waals surface area contributed by atoms with E-state index in [1.807, 2.05) is 30.3 Å². The van der Waals surface area contributed by atoms with Gasteiger partial charge in [0.05, 0.1) is 7.11 Å². The van der Waals surface area contributed by atoms with E-state index < -0.39 is 12.0 Å².